The van der Waals surface area contributed by atoms with Crippen LogP contribution < -0.4 is 0 Å². The zero-order valence-corrected chi connectivity index (χ0v) is 14.9. The van der Waals surface area contributed by atoms with Gasteiger partial charge < -0.3 is 0 Å². The van der Waals surface area contributed by atoms with Gasteiger partial charge in [0.2, 0.25) is 0 Å². The predicted octanol–water partition coefficient (Wildman–Crippen LogP) is 5.87. The number of carbonyl (C=O) groups excluding carboxylic acids is 2. The highest BCUT2D eigenvalue weighted by molar-refractivity contribution is 5.87. The minimum Gasteiger partial charge on any atom is -0.300 e. The lowest BCUT2D eigenvalue weighted by atomic mass is 9.77. The summed E-state index contributed by atoms with van der Waals surface area (Å²) >= 11 is 0. The van der Waals surface area contributed by atoms with Crippen LogP contribution in [0.1, 0.15) is 104 Å². The van der Waals surface area contributed by atoms with Crippen LogP contribution in [0.15, 0.2) is 0 Å². The van der Waals surface area contributed by atoms with Crippen molar-refractivity contribution in [1.82, 2.24) is 0 Å². The summed E-state index contributed by atoms with van der Waals surface area (Å²) < 4.78 is 0. The van der Waals surface area contributed by atoms with E-state index in [9.17, 15) is 9.59 Å². The molecule has 2 heteroatoms. The highest BCUT2D eigenvalue weighted by Crippen LogP contribution is 2.33. The summed E-state index contributed by atoms with van der Waals surface area (Å²) in [5.74, 6) is 1.75. The SMILES string of the molecule is CCCCCC(=O)CCC(=O)[C@H]1CC[C@H](CCCCC)CC1. The average Bonchev–Trinajstić information content (AvgIpc) is 2.54. The summed E-state index contributed by atoms with van der Waals surface area (Å²) in [6, 6.07) is 0. The summed E-state index contributed by atoms with van der Waals surface area (Å²) in [5.41, 5.74) is 0. The number of carbonyl (C=O) groups is 2. The third-order valence-corrected chi connectivity index (χ3v) is 5.23. The van der Waals surface area contributed by atoms with Gasteiger partial charge in [-0.15, -0.1) is 0 Å². The first-order valence-corrected chi connectivity index (χ1v) is 9.71. The Morgan fingerprint density at radius 2 is 1.41 bits per heavy atom. The summed E-state index contributed by atoms with van der Waals surface area (Å²) in [5, 5.41) is 0. The minimum absolute atomic E-state index is 0.255. The van der Waals surface area contributed by atoms with Gasteiger partial charge in [-0.1, -0.05) is 52.4 Å². The standard InChI is InChI=1S/C20H36O2/c1-3-5-7-9-17-11-13-18(14-12-17)20(22)16-15-19(21)10-8-6-4-2/h17-18H,3-16H2,1-2H3/t17-,18-. The van der Waals surface area contributed by atoms with E-state index < -0.39 is 0 Å². The number of hydrogen-bond acceptors (Lipinski definition) is 2. The molecule has 0 N–H and O–H groups in total. The molecule has 0 spiro atoms. The lowest BCUT2D eigenvalue weighted by Gasteiger charge is -2.27. The molecule has 2 nitrogen and oxygen atoms in total. The van der Waals surface area contributed by atoms with E-state index in [1.54, 1.807) is 0 Å². The minimum atomic E-state index is 0.255. The lowest BCUT2D eigenvalue weighted by Crippen LogP contribution is -2.22. The van der Waals surface area contributed by atoms with E-state index in [1.165, 1.54) is 38.5 Å². The van der Waals surface area contributed by atoms with Crippen LogP contribution in [-0.4, -0.2) is 11.6 Å². The maximum Gasteiger partial charge on any atom is 0.136 e. The predicted molar refractivity (Wildman–Crippen MR) is 93.0 cm³/mol. The number of ketones is 2. The number of Topliss-reactive ketones (excluding diaryl/α,β-unsaturated/α-hetero) is 2. The van der Waals surface area contributed by atoms with Crippen LogP contribution in [0.2, 0.25) is 0 Å². The molecule has 128 valence electrons. The van der Waals surface area contributed by atoms with Crippen molar-refractivity contribution in [2.75, 3.05) is 0 Å². The summed E-state index contributed by atoms with van der Waals surface area (Å²) in [4.78, 5) is 24.0. The Hall–Kier alpha value is -0.660. The molecule has 1 aliphatic carbocycles. The molecule has 0 atom stereocenters. The molecule has 0 aromatic rings. The van der Waals surface area contributed by atoms with Crippen LogP contribution in [0.5, 0.6) is 0 Å². The van der Waals surface area contributed by atoms with Gasteiger partial charge in [-0.05, 0) is 38.0 Å². The van der Waals surface area contributed by atoms with E-state index >= 15 is 0 Å². The van der Waals surface area contributed by atoms with Crippen LogP contribution in [0, 0.1) is 11.8 Å². The van der Waals surface area contributed by atoms with Crippen molar-refractivity contribution in [3.05, 3.63) is 0 Å². The maximum absolute atomic E-state index is 12.2. The lowest BCUT2D eigenvalue weighted by molar-refractivity contribution is -0.127. The van der Waals surface area contributed by atoms with Gasteiger partial charge in [-0.3, -0.25) is 9.59 Å². The maximum atomic E-state index is 12.2. The normalized spacial score (nSPS) is 21.7. The molecule has 0 aromatic heterocycles. The second-order valence-corrected chi connectivity index (χ2v) is 7.18. The van der Waals surface area contributed by atoms with Gasteiger partial charge >= 0.3 is 0 Å². The Morgan fingerprint density at radius 1 is 0.773 bits per heavy atom. The molecule has 0 aliphatic heterocycles. The van der Waals surface area contributed by atoms with Crippen LogP contribution in [0.4, 0.5) is 0 Å². The van der Waals surface area contributed by atoms with Crippen LogP contribution >= 0.6 is 0 Å². The fourth-order valence-corrected chi connectivity index (χ4v) is 3.62. The molecule has 1 aliphatic rings. The molecule has 0 unspecified atom stereocenters. The van der Waals surface area contributed by atoms with Crippen molar-refractivity contribution >= 4 is 11.6 Å². The Balaban J connectivity index is 2.13. The molecule has 0 radical (unpaired) electrons. The first-order valence-electron chi connectivity index (χ1n) is 9.71. The van der Waals surface area contributed by atoms with Crippen molar-refractivity contribution in [2.45, 2.75) is 104 Å². The average molecular weight is 309 g/mol. The Morgan fingerprint density at radius 3 is 2.05 bits per heavy atom. The third-order valence-electron chi connectivity index (χ3n) is 5.23. The van der Waals surface area contributed by atoms with Gasteiger partial charge in [0.1, 0.15) is 11.6 Å². The zero-order chi connectivity index (χ0) is 16.2. The van der Waals surface area contributed by atoms with Crippen molar-refractivity contribution in [1.29, 1.82) is 0 Å². The molecule has 0 bridgehead atoms. The molecule has 0 saturated heterocycles. The van der Waals surface area contributed by atoms with E-state index in [-0.39, 0.29) is 11.7 Å². The zero-order valence-electron chi connectivity index (χ0n) is 14.9. The topological polar surface area (TPSA) is 34.1 Å². The van der Waals surface area contributed by atoms with E-state index in [0.29, 0.717) is 25.0 Å². The second-order valence-electron chi connectivity index (χ2n) is 7.18. The fraction of sp³-hybridized carbons (Fsp3) is 0.900. The van der Waals surface area contributed by atoms with Gasteiger partial charge in [0.05, 0.1) is 0 Å². The van der Waals surface area contributed by atoms with E-state index in [1.807, 2.05) is 0 Å². The molecule has 22 heavy (non-hydrogen) atoms. The van der Waals surface area contributed by atoms with Gasteiger partial charge in [-0.2, -0.15) is 0 Å². The largest absolute Gasteiger partial charge is 0.300 e. The summed E-state index contributed by atoms with van der Waals surface area (Å²) in [6.45, 7) is 4.39. The first kappa shape index (κ1) is 19.4. The monoisotopic (exact) mass is 308 g/mol. The summed E-state index contributed by atoms with van der Waals surface area (Å²) in [6.07, 6.45) is 14.9. The number of hydrogen-bond donors (Lipinski definition) is 0. The third kappa shape index (κ3) is 8.10. The first-order chi connectivity index (χ1) is 10.7. The van der Waals surface area contributed by atoms with E-state index in [2.05, 4.69) is 13.8 Å². The number of unbranched alkanes of at least 4 members (excludes halogenated alkanes) is 4. The van der Waals surface area contributed by atoms with Gasteiger partial charge in [0.25, 0.3) is 0 Å². The van der Waals surface area contributed by atoms with Crippen molar-refractivity contribution in [3.63, 3.8) is 0 Å². The quantitative estimate of drug-likeness (QED) is 0.422. The van der Waals surface area contributed by atoms with Crippen LogP contribution in [-0.2, 0) is 9.59 Å². The number of rotatable bonds is 12. The second kappa shape index (κ2) is 11.8. The molecule has 0 heterocycles. The van der Waals surface area contributed by atoms with Gasteiger partial charge in [0.15, 0.2) is 0 Å². The highest BCUT2D eigenvalue weighted by Gasteiger charge is 2.25. The highest BCUT2D eigenvalue weighted by atomic mass is 16.1. The van der Waals surface area contributed by atoms with Crippen LogP contribution in [0.3, 0.4) is 0 Å². The van der Waals surface area contributed by atoms with Crippen LogP contribution in [0.25, 0.3) is 0 Å². The Bertz CT molecular complexity index is 314. The molecule has 1 fully saturated rings. The smallest absolute Gasteiger partial charge is 0.136 e. The van der Waals surface area contributed by atoms with Gasteiger partial charge in [0, 0.05) is 25.2 Å². The Kier molecular flexibility index (Phi) is 10.4. The molecular formula is C20H36O2. The molecule has 0 aromatic carbocycles. The Labute approximate surface area is 137 Å². The van der Waals surface area contributed by atoms with Gasteiger partial charge in [-0.25, -0.2) is 0 Å². The molecule has 1 saturated carbocycles. The van der Waals surface area contributed by atoms with Crippen molar-refractivity contribution in [2.24, 2.45) is 11.8 Å². The molecule has 1 rings (SSSR count). The van der Waals surface area contributed by atoms with Crippen molar-refractivity contribution < 1.29 is 9.59 Å². The molecular weight excluding hydrogens is 272 g/mol. The van der Waals surface area contributed by atoms with E-state index in [0.717, 1.165) is 38.0 Å². The molecule has 0 amide bonds. The summed E-state index contributed by atoms with van der Waals surface area (Å²) in [7, 11) is 0. The fourth-order valence-electron chi connectivity index (χ4n) is 3.62. The van der Waals surface area contributed by atoms with Crippen molar-refractivity contribution in [3.8, 4) is 0 Å². The van der Waals surface area contributed by atoms with E-state index in [4.69, 9.17) is 0 Å².